The number of nitrogen functional groups attached to an aromatic ring is 1. The van der Waals surface area contributed by atoms with Crippen LogP contribution in [-0.2, 0) is 0 Å². The van der Waals surface area contributed by atoms with Gasteiger partial charge in [-0.1, -0.05) is 6.08 Å². The van der Waals surface area contributed by atoms with E-state index in [0.29, 0.717) is 11.3 Å². The number of benzene rings is 1. The lowest BCUT2D eigenvalue weighted by Crippen LogP contribution is -2.09. The third-order valence-electron chi connectivity index (χ3n) is 1.66. The second kappa shape index (κ2) is 3.36. The summed E-state index contributed by atoms with van der Waals surface area (Å²) in [5.74, 6) is -0.337. The van der Waals surface area contributed by atoms with Crippen molar-refractivity contribution in [1.29, 1.82) is 0 Å². The predicted octanol–water partition coefficient (Wildman–Crippen LogP) is 1.59. The largest absolute Gasteiger partial charge is 0.398 e. The van der Waals surface area contributed by atoms with E-state index in [9.17, 15) is 4.39 Å². The zero-order valence-corrected chi connectivity index (χ0v) is 6.63. The molecule has 1 unspecified atom stereocenters. The molecular formula is C9H11FN2. The summed E-state index contributed by atoms with van der Waals surface area (Å²) in [5, 5.41) is 0. The van der Waals surface area contributed by atoms with Crippen LogP contribution >= 0.6 is 0 Å². The van der Waals surface area contributed by atoms with Gasteiger partial charge in [-0.25, -0.2) is 4.39 Å². The van der Waals surface area contributed by atoms with Gasteiger partial charge in [-0.05, 0) is 23.8 Å². The molecule has 0 heterocycles. The van der Waals surface area contributed by atoms with Gasteiger partial charge >= 0.3 is 0 Å². The molecule has 0 saturated heterocycles. The van der Waals surface area contributed by atoms with Gasteiger partial charge < -0.3 is 11.5 Å². The molecule has 0 aliphatic heterocycles. The molecule has 12 heavy (non-hydrogen) atoms. The number of anilines is 1. The Hall–Kier alpha value is -1.35. The smallest absolute Gasteiger partial charge is 0.123 e. The molecule has 1 aromatic carbocycles. The zero-order valence-electron chi connectivity index (χ0n) is 6.63. The van der Waals surface area contributed by atoms with Gasteiger partial charge in [-0.15, -0.1) is 6.58 Å². The molecule has 0 aromatic heterocycles. The van der Waals surface area contributed by atoms with Gasteiger partial charge in [0.25, 0.3) is 0 Å². The van der Waals surface area contributed by atoms with Gasteiger partial charge in [0, 0.05) is 11.7 Å². The van der Waals surface area contributed by atoms with Crippen LogP contribution < -0.4 is 11.5 Å². The lowest BCUT2D eigenvalue weighted by atomic mass is 10.1. The quantitative estimate of drug-likeness (QED) is 0.518. The van der Waals surface area contributed by atoms with Crippen LogP contribution in [0.25, 0.3) is 0 Å². The monoisotopic (exact) mass is 166 g/mol. The third-order valence-corrected chi connectivity index (χ3v) is 1.66. The standard InChI is InChI=1S/C9H11FN2/c1-2-8(11)7-5-6(10)3-4-9(7)12/h2-5,8H,1,11-12H2. The second-order valence-corrected chi connectivity index (χ2v) is 2.53. The van der Waals surface area contributed by atoms with Gasteiger partial charge in [0.15, 0.2) is 0 Å². The maximum atomic E-state index is 12.7. The fourth-order valence-electron chi connectivity index (χ4n) is 0.961. The average molecular weight is 166 g/mol. The lowest BCUT2D eigenvalue weighted by molar-refractivity contribution is 0.624. The summed E-state index contributed by atoms with van der Waals surface area (Å²) in [7, 11) is 0. The Kier molecular flexibility index (Phi) is 2.45. The van der Waals surface area contributed by atoms with E-state index in [1.165, 1.54) is 24.3 Å². The van der Waals surface area contributed by atoms with Crippen molar-refractivity contribution in [2.75, 3.05) is 5.73 Å². The van der Waals surface area contributed by atoms with E-state index in [0.717, 1.165) is 0 Å². The molecule has 0 radical (unpaired) electrons. The highest BCUT2D eigenvalue weighted by Crippen LogP contribution is 2.19. The van der Waals surface area contributed by atoms with E-state index in [1.807, 2.05) is 0 Å². The van der Waals surface area contributed by atoms with Crippen molar-refractivity contribution in [3.63, 3.8) is 0 Å². The molecule has 0 aliphatic rings. The summed E-state index contributed by atoms with van der Waals surface area (Å²) < 4.78 is 12.7. The number of hydrogen-bond donors (Lipinski definition) is 2. The van der Waals surface area contributed by atoms with Crippen molar-refractivity contribution in [2.24, 2.45) is 5.73 Å². The number of rotatable bonds is 2. The SMILES string of the molecule is C=CC(N)c1cc(F)ccc1N. The molecule has 0 fully saturated rings. The van der Waals surface area contributed by atoms with Gasteiger partial charge in [-0.2, -0.15) is 0 Å². The van der Waals surface area contributed by atoms with Crippen LogP contribution in [-0.4, -0.2) is 0 Å². The highest BCUT2D eigenvalue weighted by atomic mass is 19.1. The van der Waals surface area contributed by atoms with Crippen molar-refractivity contribution >= 4 is 5.69 Å². The third kappa shape index (κ3) is 1.62. The molecule has 2 nitrogen and oxygen atoms in total. The van der Waals surface area contributed by atoms with E-state index in [4.69, 9.17) is 11.5 Å². The summed E-state index contributed by atoms with van der Waals surface area (Å²) >= 11 is 0. The Balaban J connectivity index is 3.12. The van der Waals surface area contributed by atoms with Gasteiger partial charge in [-0.3, -0.25) is 0 Å². The fourth-order valence-corrected chi connectivity index (χ4v) is 0.961. The molecular weight excluding hydrogens is 155 g/mol. The maximum absolute atomic E-state index is 12.7. The van der Waals surface area contributed by atoms with E-state index in [-0.39, 0.29) is 5.82 Å². The van der Waals surface area contributed by atoms with E-state index in [2.05, 4.69) is 6.58 Å². The Labute approximate surface area is 70.7 Å². The van der Waals surface area contributed by atoms with Crippen molar-refractivity contribution in [3.8, 4) is 0 Å². The van der Waals surface area contributed by atoms with Crippen LogP contribution in [0.2, 0.25) is 0 Å². The molecule has 1 atom stereocenters. The molecule has 3 heteroatoms. The molecule has 0 saturated carbocycles. The fraction of sp³-hybridized carbons (Fsp3) is 0.111. The van der Waals surface area contributed by atoms with E-state index < -0.39 is 6.04 Å². The number of hydrogen-bond acceptors (Lipinski definition) is 2. The van der Waals surface area contributed by atoms with Crippen molar-refractivity contribution in [2.45, 2.75) is 6.04 Å². The Bertz CT molecular complexity index is 297. The van der Waals surface area contributed by atoms with Gasteiger partial charge in [0.2, 0.25) is 0 Å². The van der Waals surface area contributed by atoms with Crippen molar-refractivity contribution in [3.05, 3.63) is 42.2 Å². The summed E-state index contributed by atoms with van der Waals surface area (Å²) in [5.41, 5.74) is 12.2. The molecule has 4 N–H and O–H groups in total. The van der Waals surface area contributed by atoms with Crippen LogP contribution in [0.1, 0.15) is 11.6 Å². The molecule has 0 bridgehead atoms. The first-order valence-corrected chi connectivity index (χ1v) is 3.58. The van der Waals surface area contributed by atoms with Crippen LogP contribution in [0, 0.1) is 5.82 Å². The summed E-state index contributed by atoms with van der Waals surface area (Å²) in [6.45, 7) is 3.50. The second-order valence-electron chi connectivity index (χ2n) is 2.53. The minimum Gasteiger partial charge on any atom is -0.398 e. The number of nitrogens with two attached hydrogens (primary N) is 2. The first-order chi connectivity index (χ1) is 5.65. The minimum absolute atomic E-state index is 0.337. The molecule has 0 spiro atoms. The van der Waals surface area contributed by atoms with Crippen molar-refractivity contribution < 1.29 is 4.39 Å². The average Bonchev–Trinajstić information content (AvgIpc) is 2.08. The van der Waals surface area contributed by atoms with Crippen molar-refractivity contribution in [1.82, 2.24) is 0 Å². The molecule has 64 valence electrons. The summed E-state index contributed by atoms with van der Waals surface area (Å²) in [6, 6.07) is 3.71. The Morgan fingerprint density at radius 1 is 1.50 bits per heavy atom. The Morgan fingerprint density at radius 2 is 2.17 bits per heavy atom. The molecule has 1 rings (SSSR count). The van der Waals surface area contributed by atoms with Crippen LogP contribution in [0.4, 0.5) is 10.1 Å². The van der Waals surface area contributed by atoms with Gasteiger partial charge in [0.05, 0.1) is 0 Å². The Morgan fingerprint density at radius 3 is 2.75 bits per heavy atom. The normalized spacial score (nSPS) is 12.5. The van der Waals surface area contributed by atoms with Crippen LogP contribution in [0.5, 0.6) is 0 Å². The van der Waals surface area contributed by atoms with E-state index >= 15 is 0 Å². The van der Waals surface area contributed by atoms with Gasteiger partial charge in [0.1, 0.15) is 5.82 Å². The highest BCUT2D eigenvalue weighted by molar-refractivity contribution is 5.49. The maximum Gasteiger partial charge on any atom is 0.123 e. The first-order valence-electron chi connectivity index (χ1n) is 3.58. The zero-order chi connectivity index (χ0) is 9.14. The molecule has 0 aliphatic carbocycles. The summed E-state index contributed by atoms with van der Waals surface area (Å²) in [4.78, 5) is 0. The van der Waals surface area contributed by atoms with Crippen LogP contribution in [0.15, 0.2) is 30.9 Å². The lowest BCUT2D eigenvalue weighted by Gasteiger charge is -2.09. The predicted molar refractivity (Wildman–Crippen MR) is 47.9 cm³/mol. The number of halogens is 1. The minimum atomic E-state index is -0.402. The molecule has 0 amide bonds. The topological polar surface area (TPSA) is 52.0 Å². The molecule has 1 aromatic rings. The summed E-state index contributed by atoms with van der Waals surface area (Å²) in [6.07, 6.45) is 1.52. The first kappa shape index (κ1) is 8.74. The van der Waals surface area contributed by atoms with Crippen LogP contribution in [0.3, 0.4) is 0 Å². The van der Waals surface area contributed by atoms with E-state index in [1.54, 1.807) is 0 Å². The highest BCUT2D eigenvalue weighted by Gasteiger charge is 2.06.